The van der Waals surface area contributed by atoms with Gasteiger partial charge in [0.15, 0.2) is 11.5 Å². The molecular formula is C26H36N4O7S. The first kappa shape index (κ1) is 29.4. The molecule has 0 saturated carbocycles. The Kier molecular flexibility index (Phi) is 10.5. The normalized spacial score (nSPS) is 14.4. The number of benzene rings is 2. The van der Waals surface area contributed by atoms with E-state index < -0.39 is 28.1 Å². The van der Waals surface area contributed by atoms with Gasteiger partial charge in [-0.05, 0) is 37.1 Å². The average molecular weight is 549 g/mol. The minimum atomic E-state index is -4.01. The summed E-state index contributed by atoms with van der Waals surface area (Å²) in [6, 6.07) is 12.8. The average Bonchev–Trinajstić information content (AvgIpc) is 3.35. The zero-order valence-electron chi connectivity index (χ0n) is 21.8. The highest BCUT2D eigenvalue weighted by atomic mass is 32.2. The minimum Gasteiger partial charge on any atom is -0.454 e. The topological polar surface area (TPSA) is 146 Å². The number of ether oxygens (including phenoxy) is 2. The summed E-state index contributed by atoms with van der Waals surface area (Å²) >= 11 is 0. The predicted octanol–water partition coefficient (Wildman–Crippen LogP) is 0.486. The van der Waals surface area contributed by atoms with E-state index in [1.54, 1.807) is 13.1 Å². The number of hydrogen-bond acceptors (Lipinski definition) is 8. The van der Waals surface area contributed by atoms with Gasteiger partial charge in [0.05, 0.1) is 30.1 Å². The van der Waals surface area contributed by atoms with E-state index in [1.165, 1.54) is 16.4 Å². The molecule has 0 fully saturated rings. The maximum atomic E-state index is 13.6. The Balaban J connectivity index is 1.80. The first-order valence-corrected chi connectivity index (χ1v) is 13.9. The van der Waals surface area contributed by atoms with Gasteiger partial charge in [0.1, 0.15) is 0 Å². The van der Waals surface area contributed by atoms with E-state index >= 15 is 0 Å². The second-order valence-corrected chi connectivity index (χ2v) is 11.4. The highest BCUT2D eigenvalue weighted by Gasteiger charge is 2.32. The molecule has 38 heavy (non-hydrogen) atoms. The van der Waals surface area contributed by atoms with E-state index in [4.69, 9.17) is 9.47 Å². The summed E-state index contributed by atoms with van der Waals surface area (Å²) in [6.45, 7) is 3.47. The molecule has 2 amide bonds. The molecular weight excluding hydrogens is 512 g/mol. The van der Waals surface area contributed by atoms with Crippen LogP contribution in [0.2, 0.25) is 0 Å². The van der Waals surface area contributed by atoms with Gasteiger partial charge >= 0.3 is 0 Å². The molecule has 208 valence electrons. The second kappa shape index (κ2) is 13.6. The van der Waals surface area contributed by atoms with Gasteiger partial charge in [-0.1, -0.05) is 44.2 Å². The van der Waals surface area contributed by atoms with Gasteiger partial charge in [0.2, 0.25) is 28.6 Å². The zero-order chi connectivity index (χ0) is 27.7. The Morgan fingerprint density at radius 1 is 1.00 bits per heavy atom. The van der Waals surface area contributed by atoms with Crippen LogP contribution in [0, 0.1) is 5.92 Å². The van der Waals surface area contributed by atoms with Crippen molar-refractivity contribution in [2.24, 2.45) is 5.92 Å². The number of aliphatic hydroxyl groups excluding tert-OH is 1. The SMILES string of the molecule is CNCC(=O)NCC(=O)N[C@@H](Cc1ccccc1)[C@H](O)CN(CC(C)C)S(=O)(=O)c1ccc2c(c1)OCO2. The van der Waals surface area contributed by atoms with Crippen LogP contribution >= 0.6 is 0 Å². The molecule has 1 aliphatic heterocycles. The van der Waals surface area contributed by atoms with Crippen LogP contribution in [-0.4, -0.2) is 81.8 Å². The van der Waals surface area contributed by atoms with E-state index in [0.29, 0.717) is 11.5 Å². The second-order valence-electron chi connectivity index (χ2n) is 9.47. The van der Waals surface area contributed by atoms with E-state index in [2.05, 4.69) is 16.0 Å². The molecule has 2 aromatic rings. The van der Waals surface area contributed by atoms with Crippen molar-refractivity contribution in [3.8, 4) is 11.5 Å². The maximum Gasteiger partial charge on any atom is 0.243 e. The third-order valence-electron chi connectivity index (χ3n) is 5.83. The van der Waals surface area contributed by atoms with E-state index in [0.717, 1.165) is 5.56 Å². The summed E-state index contributed by atoms with van der Waals surface area (Å²) in [5, 5.41) is 19.2. The number of nitrogens with one attached hydrogen (secondary N) is 3. The number of aliphatic hydroxyl groups is 1. The lowest BCUT2D eigenvalue weighted by Crippen LogP contribution is -2.53. The van der Waals surface area contributed by atoms with Crippen LogP contribution in [-0.2, 0) is 26.0 Å². The van der Waals surface area contributed by atoms with Crippen LogP contribution in [0.3, 0.4) is 0 Å². The van der Waals surface area contributed by atoms with Crippen LogP contribution in [0.5, 0.6) is 11.5 Å². The summed E-state index contributed by atoms with van der Waals surface area (Å²) in [6.07, 6.45) is -0.979. The van der Waals surface area contributed by atoms with Crippen molar-refractivity contribution in [1.29, 1.82) is 0 Å². The molecule has 0 radical (unpaired) electrons. The fourth-order valence-electron chi connectivity index (χ4n) is 4.01. The molecule has 2 aromatic carbocycles. The first-order valence-electron chi connectivity index (χ1n) is 12.4. The third-order valence-corrected chi connectivity index (χ3v) is 7.66. The Labute approximate surface area is 223 Å². The van der Waals surface area contributed by atoms with Crippen LogP contribution in [0.15, 0.2) is 53.4 Å². The molecule has 0 bridgehead atoms. The maximum absolute atomic E-state index is 13.6. The van der Waals surface area contributed by atoms with Gasteiger partial charge in [0, 0.05) is 19.2 Å². The largest absolute Gasteiger partial charge is 0.454 e. The lowest BCUT2D eigenvalue weighted by Gasteiger charge is -2.31. The number of rotatable bonds is 14. The monoisotopic (exact) mass is 548 g/mol. The van der Waals surface area contributed by atoms with Crippen molar-refractivity contribution in [2.45, 2.75) is 37.3 Å². The number of fused-ring (bicyclic) bond motifs is 1. The fraction of sp³-hybridized carbons (Fsp3) is 0.462. The molecule has 0 aliphatic carbocycles. The molecule has 11 nitrogen and oxygen atoms in total. The summed E-state index contributed by atoms with van der Waals surface area (Å²) < 4.78 is 39.1. The number of sulfonamides is 1. The number of carbonyl (C=O) groups excluding carboxylic acids is 2. The Hall–Kier alpha value is -3.19. The number of hydrogen-bond donors (Lipinski definition) is 4. The Bertz CT molecular complexity index is 1190. The van der Waals surface area contributed by atoms with E-state index in [9.17, 15) is 23.1 Å². The standard InChI is InChI=1S/C26H36N4O7S/c1-18(2)15-30(38(34,35)20-9-10-23-24(12-20)37-17-36-23)16-22(31)21(11-19-7-5-4-6-8-19)29-26(33)14-28-25(32)13-27-3/h4-10,12,18,21-22,27,31H,11,13-17H2,1-3H3,(H,28,32)(H,29,33)/t21-,22+/m0/s1. The highest BCUT2D eigenvalue weighted by Crippen LogP contribution is 2.34. The van der Waals surface area contributed by atoms with Crippen molar-refractivity contribution in [1.82, 2.24) is 20.3 Å². The van der Waals surface area contributed by atoms with Crippen molar-refractivity contribution < 1.29 is 32.6 Å². The Morgan fingerprint density at radius 2 is 1.71 bits per heavy atom. The molecule has 0 unspecified atom stereocenters. The molecule has 0 aromatic heterocycles. The smallest absolute Gasteiger partial charge is 0.243 e. The van der Waals surface area contributed by atoms with Crippen LogP contribution in [0.25, 0.3) is 0 Å². The number of carbonyl (C=O) groups is 2. The van der Waals surface area contributed by atoms with Gasteiger partial charge < -0.3 is 30.5 Å². The molecule has 3 rings (SSSR count). The van der Waals surface area contributed by atoms with Gasteiger partial charge in [-0.25, -0.2) is 8.42 Å². The molecule has 4 N–H and O–H groups in total. The molecule has 0 saturated heterocycles. The van der Waals surface area contributed by atoms with Crippen LogP contribution in [0.1, 0.15) is 19.4 Å². The molecule has 2 atom stereocenters. The lowest BCUT2D eigenvalue weighted by molar-refractivity contribution is -0.126. The molecule has 12 heteroatoms. The van der Waals surface area contributed by atoms with Crippen LogP contribution < -0.4 is 25.4 Å². The molecule has 1 heterocycles. The zero-order valence-corrected chi connectivity index (χ0v) is 22.7. The summed E-state index contributed by atoms with van der Waals surface area (Å²) in [5.74, 6) is -0.0720. The predicted molar refractivity (Wildman–Crippen MR) is 141 cm³/mol. The summed E-state index contributed by atoms with van der Waals surface area (Å²) in [4.78, 5) is 24.4. The lowest BCUT2D eigenvalue weighted by atomic mass is 10.0. The van der Waals surface area contributed by atoms with Gasteiger partial charge in [0.25, 0.3) is 0 Å². The molecule has 0 spiro atoms. The summed E-state index contributed by atoms with van der Waals surface area (Å²) in [7, 11) is -2.40. The fourth-order valence-corrected chi connectivity index (χ4v) is 5.65. The summed E-state index contributed by atoms with van der Waals surface area (Å²) in [5.41, 5.74) is 0.852. The third kappa shape index (κ3) is 8.15. The quantitative estimate of drug-likeness (QED) is 0.267. The number of nitrogens with zero attached hydrogens (tertiary/aromatic N) is 1. The first-order chi connectivity index (χ1) is 18.1. The van der Waals surface area contributed by atoms with Crippen molar-refractivity contribution in [2.75, 3.05) is 40.0 Å². The van der Waals surface area contributed by atoms with E-state index in [1.807, 2.05) is 44.2 Å². The van der Waals surface area contributed by atoms with E-state index in [-0.39, 0.29) is 56.1 Å². The Morgan fingerprint density at radius 3 is 2.39 bits per heavy atom. The van der Waals surface area contributed by atoms with Gasteiger partial charge in [-0.3, -0.25) is 9.59 Å². The van der Waals surface area contributed by atoms with Crippen molar-refractivity contribution in [3.63, 3.8) is 0 Å². The highest BCUT2D eigenvalue weighted by molar-refractivity contribution is 7.89. The number of amides is 2. The van der Waals surface area contributed by atoms with Crippen molar-refractivity contribution >= 4 is 21.8 Å². The van der Waals surface area contributed by atoms with Crippen molar-refractivity contribution in [3.05, 3.63) is 54.1 Å². The number of likely N-dealkylation sites (N-methyl/N-ethyl adjacent to an activating group) is 1. The van der Waals surface area contributed by atoms with Crippen LogP contribution in [0.4, 0.5) is 0 Å². The van der Waals surface area contributed by atoms with Gasteiger partial charge in [-0.2, -0.15) is 4.31 Å². The molecule has 1 aliphatic rings. The van der Waals surface area contributed by atoms with Gasteiger partial charge in [-0.15, -0.1) is 0 Å². The minimum absolute atomic E-state index is 0.0174.